The van der Waals surface area contributed by atoms with Crippen LogP contribution in [-0.4, -0.2) is 36.7 Å². The number of hydrogen-bond donors (Lipinski definition) is 0. The lowest BCUT2D eigenvalue weighted by Crippen LogP contribution is -2.50. The largest absolute Gasteiger partial charge is 0.379 e. The Morgan fingerprint density at radius 1 is 1.23 bits per heavy atom. The van der Waals surface area contributed by atoms with E-state index in [2.05, 4.69) is 18.7 Å². The van der Waals surface area contributed by atoms with Crippen molar-refractivity contribution >= 4 is 0 Å². The smallest absolute Gasteiger partial charge is 0.0619 e. The number of rotatable bonds is 1. The van der Waals surface area contributed by atoms with Crippen LogP contribution in [0.15, 0.2) is 0 Å². The monoisotopic (exact) mass is 183 g/mol. The van der Waals surface area contributed by atoms with Crippen LogP contribution in [0.2, 0.25) is 0 Å². The summed E-state index contributed by atoms with van der Waals surface area (Å²) in [6.45, 7) is 7.72. The summed E-state index contributed by atoms with van der Waals surface area (Å²) in [4.78, 5) is 2.67. The first-order valence-corrected chi connectivity index (χ1v) is 5.62. The van der Waals surface area contributed by atoms with Gasteiger partial charge in [0, 0.05) is 18.6 Å². The van der Waals surface area contributed by atoms with Gasteiger partial charge in [-0.05, 0) is 25.7 Å². The van der Waals surface area contributed by atoms with Crippen LogP contribution in [0.5, 0.6) is 0 Å². The second-order valence-corrected chi connectivity index (χ2v) is 4.64. The van der Waals surface area contributed by atoms with E-state index in [-0.39, 0.29) is 0 Å². The standard InChI is InChI=1S/C11H21NO/c1-9-4-3-5-11(9)12-6-7-13-8-10(12)2/h9-11H,3-8H2,1-2H3. The predicted octanol–water partition coefficient (Wildman–Crippen LogP) is 1.90. The number of ether oxygens (including phenoxy) is 1. The molecule has 2 aliphatic rings. The number of hydrogen-bond acceptors (Lipinski definition) is 2. The molecule has 1 aliphatic carbocycles. The summed E-state index contributed by atoms with van der Waals surface area (Å²) >= 11 is 0. The Morgan fingerprint density at radius 2 is 2.08 bits per heavy atom. The summed E-state index contributed by atoms with van der Waals surface area (Å²) in [6, 6.07) is 1.48. The molecule has 0 aromatic carbocycles. The highest BCUT2D eigenvalue weighted by Crippen LogP contribution is 2.31. The molecule has 2 nitrogen and oxygen atoms in total. The predicted molar refractivity (Wildman–Crippen MR) is 53.8 cm³/mol. The Kier molecular flexibility index (Phi) is 2.89. The van der Waals surface area contributed by atoms with Gasteiger partial charge in [0.2, 0.25) is 0 Å². The summed E-state index contributed by atoms with van der Waals surface area (Å²) < 4.78 is 5.47. The van der Waals surface area contributed by atoms with Gasteiger partial charge < -0.3 is 4.74 Å². The molecule has 0 N–H and O–H groups in total. The fourth-order valence-corrected chi connectivity index (χ4v) is 2.85. The van der Waals surface area contributed by atoms with Gasteiger partial charge in [0.25, 0.3) is 0 Å². The second-order valence-electron chi connectivity index (χ2n) is 4.64. The molecule has 2 heteroatoms. The summed E-state index contributed by atoms with van der Waals surface area (Å²) in [5, 5.41) is 0. The molecule has 1 saturated heterocycles. The SMILES string of the molecule is CC1CCCC1N1CCOCC1C. The molecular weight excluding hydrogens is 162 g/mol. The zero-order chi connectivity index (χ0) is 9.26. The third-order valence-electron chi connectivity index (χ3n) is 3.66. The summed E-state index contributed by atoms with van der Waals surface area (Å²) in [7, 11) is 0. The average molecular weight is 183 g/mol. The van der Waals surface area contributed by atoms with Gasteiger partial charge in [0.15, 0.2) is 0 Å². The van der Waals surface area contributed by atoms with Crippen LogP contribution < -0.4 is 0 Å². The van der Waals surface area contributed by atoms with Crippen LogP contribution in [0.25, 0.3) is 0 Å². The Labute approximate surface area is 81.3 Å². The first-order chi connectivity index (χ1) is 6.29. The van der Waals surface area contributed by atoms with Gasteiger partial charge in [0.1, 0.15) is 0 Å². The van der Waals surface area contributed by atoms with E-state index in [1.54, 1.807) is 0 Å². The lowest BCUT2D eigenvalue weighted by Gasteiger charge is -2.39. The first-order valence-electron chi connectivity index (χ1n) is 5.62. The molecule has 1 heterocycles. The van der Waals surface area contributed by atoms with Crippen molar-refractivity contribution in [1.82, 2.24) is 4.90 Å². The van der Waals surface area contributed by atoms with E-state index >= 15 is 0 Å². The van der Waals surface area contributed by atoms with Crippen LogP contribution in [0.3, 0.4) is 0 Å². The Morgan fingerprint density at radius 3 is 2.69 bits per heavy atom. The Hall–Kier alpha value is -0.0800. The molecule has 0 bridgehead atoms. The van der Waals surface area contributed by atoms with Crippen LogP contribution >= 0.6 is 0 Å². The van der Waals surface area contributed by atoms with Crippen molar-refractivity contribution in [3.8, 4) is 0 Å². The summed E-state index contributed by atoms with van der Waals surface area (Å²) in [5.74, 6) is 0.903. The maximum Gasteiger partial charge on any atom is 0.0619 e. The van der Waals surface area contributed by atoms with E-state index in [9.17, 15) is 0 Å². The molecule has 2 rings (SSSR count). The van der Waals surface area contributed by atoms with E-state index in [4.69, 9.17) is 4.74 Å². The zero-order valence-electron chi connectivity index (χ0n) is 8.83. The van der Waals surface area contributed by atoms with Crippen molar-refractivity contribution in [3.63, 3.8) is 0 Å². The van der Waals surface area contributed by atoms with Crippen LogP contribution in [-0.2, 0) is 4.74 Å². The van der Waals surface area contributed by atoms with Gasteiger partial charge in [-0.1, -0.05) is 13.3 Å². The molecule has 1 aliphatic heterocycles. The van der Waals surface area contributed by atoms with Crippen molar-refractivity contribution in [3.05, 3.63) is 0 Å². The van der Waals surface area contributed by atoms with E-state index in [1.165, 1.54) is 19.3 Å². The van der Waals surface area contributed by atoms with Crippen molar-refractivity contribution in [1.29, 1.82) is 0 Å². The fourth-order valence-electron chi connectivity index (χ4n) is 2.85. The Balaban J connectivity index is 1.97. The molecule has 76 valence electrons. The third-order valence-corrected chi connectivity index (χ3v) is 3.66. The van der Waals surface area contributed by atoms with Gasteiger partial charge in [-0.25, -0.2) is 0 Å². The van der Waals surface area contributed by atoms with Crippen molar-refractivity contribution in [2.75, 3.05) is 19.8 Å². The topological polar surface area (TPSA) is 12.5 Å². The lowest BCUT2D eigenvalue weighted by atomic mass is 10.0. The zero-order valence-corrected chi connectivity index (χ0v) is 8.83. The molecule has 1 saturated carbocycles. The van der Waals surface area contributed by atoms with Crippen molar-refractivity contribution in [2.24, 2.45) is 5.92 Å². The average Bonchev–Trinajstić information content (AvgIpc) is 2.52. The molecule has 0 spiro atoms. The quantitative estimate of drug-likeness (QED) is 0.615. The van der Waals surface area contributed by atoms with Crippen LogP contribution in [0, 0.1) is 5.92 Å². The second kappa shape index (κ2) is 3.97. The maximum atomic E-state index is 5.47. The molecule has 0 amide bonds. The molecule has 3 unspecified atom stereocenters. The minimum absolute atomic E-state index is 0.638. The van der Waals surface area contributed by atoms with Gasteiger partial charge in [-0.15, -0.1) is 0 Å². The molecular formula is C11H21NO. The van der Waals surface area contributed by atoms with Crippen LogP contribution in [0.4, 0.5) is 0 Å². The molecule has 0 aromatic rings. The normalized spacial score (nSPS) is 42.5. The number of morpholine rings is 1. The Bertz CT molecular complexity index is 171. The summed E-state index contributed by atoms with van der Waals surface area (Å²) in [6.07, 6.45) is 4.26. The highest BCUT2D eigenvalue weighted by atomic mass is 16.5. The highest BCUT2D eigenvalue weighted by molar-refractivity contribution is 4.86. The van der Waals surface area contributed by atoms with E-state index < -0.39 is 0 Å². The van der Waals surface area contributed by atoms with E-state index in [0.29, 0.717) is 6.04 Å². The van der Waals surface area contributed by atoms with Gasteiger partial charge in [-0.3, -0.25) is 4.90 Å². The van der Waals surface area contributed by atoms with Crippen molar-refractivity contribution in [2.45, 2.75) is 45.2 Å². The number of nitrogens with zero attached hydrogens (tertiary/aromatic N) is 1. The van der Waals surface area contributed by atoms with E-state index in [1.807, 2.05) is 0 Å². The van der Waals surface area contributed by atoms with Gasteiger partial charge in [-0.2, -0.15) is 0 Å². The third kappa shape index (κ3) is 1.89. The maximum absolute atomic E-state index is 5.47. The molecule has 2 fully saturated rings. The first kappa shape index (κ1) is 9.47. The fraction of sp³-hybridized carbons (Fsp3) is 1.00. The van der Waals surface area contributed by atoms with Crippen molar-refractivity contribution < 1.29 is 4.74 Å². The summed E-state index contributed by atoms with van der Waals surface area (Å²) in [5.41, 5.74) is 0. The highest BCUT2D eigenvalue weighted by Gasteiger charge is 2.32. The lowest BCUT2D eigenvalue weighted by molar-refractivity contribution is -0.0282. The molecule has 3 atom stereocenters. The molecule has 0 radical (unpaired) electrons. The minimum atomic E-state index is 0.638. The minimum Gasteiger partial charge on any atom is -0.379 e. The van der Waals surface area contributed by atoms with Crippen LogP contribution in [0.1, 0.15) is 33.1 Å². The molecule has 0 aromatic heterocycles. The van der Waals surface area contributed by atoms with Gasteiger partial charge >= 0.3 is 0 Å². The van der Waals surface area contributed by atoms with E-state index in [0.717, 1.165) is 31.7 Å². The molecule has 13 heavy (non-hydrogen) atoms. The van der Waals surface area contributed by atoms with Gasteiger partial charge in [0.05, 0.1) is 13.2 Å².